The third-order valence-corrected chi connectivity index (χ3v) is 5.24. The second kappa shape index (κ2) is 6.95. The fraction of sp³-hybridized carbons (Fsp3) is 0.0500. The Morgan fingerprint density at radius 1 is 1.03 bits per heavy atom. The van der Waals surface area contributed by atoms with Gasteiger partial charge in [0.05, 0.1) is 22.7 Å². The van der Waals surface area contributed by atoms with E-state index in [1.54, 1.807) is 11.3 Å². The first kappa shape index (κ1) is 17.3. The van der Waals surface area contributed by atoms with Crippen LogP contribution in [0.3, 0.4) is 0 Å². The van der Waals surface area contributed by atoms with E-state index >= 15 is 0 Å². The Morgan fingerprint density at radius 3 is 2.69 bits per heavy atom. The lowest BCUT2D eigenvalue weighted by Gasteiger charge is -2.00. The SMILES string of the molecule is O=C1NC(=O)/C(=C\c2nnc(Cc3nc4ccc(-c5ccccc5)cc4s3)o2)O1. The van der Waals surface area contributed by atoms with E-state index in [1.165, 1.54) is 6.08 Å². The molecule has 9 heteroatoms. The molecule has 0 atom stereocenters. The molecule has 0 aliphatic carbocycles. The zero-order valence-corrected chi connectivity index (χ0v) is 15.6. The monoisotopic (exact) mass is 404 g/mol. The average molecular weight is 404 g/mol. The maximum atomic E-state index is 11.5. The number of imide groups is 1. The number of benzene rings is 2. The van der Waals surface area contributed by atoms with Crippen LogP contribution in [0.4, 0.5) is 4.79 Å². The summed E-state index contributed by atoms with van der Waals surface area (Å²) in [6.07, 6.45) is 0.758. The van der Waals surface area contributed by atoms with Gasteiger partial charge in [-0.05, 0) is 23.3 Å². The average Bonchev–Trinajstić information content (AvgIpc) is 3.41. The summed E-state index contributed by atoms with van der Waals surface area (Å²) in [4.78, 5) is 27.1. The smallest absolute Gasteiger partial charge is 0.419 e. The lowest BCUT2D eigenvalue weighted by Crippen LogP contribution is -2.18. The second-order valence-electron chi connectivity index (χ2n) is 6.22. The molecule has 1 N–H and O–H groups in total. The summed E-state index contributed by atoms with van der Waals surface area (Å²) in [7, 11) is 0. The number of nitrogens with one attached hydrogen (secondary N) is 1. The van der Waals surface area contributed by atoms with Crippen LogP contribution in [0.2, 0.25) is 0 Å². The molecule has 2 amide bonds. The number of nitrogens with zero attached hydrogens (tertiary/aromatic N) is 3. The highest BCUT2D eigenvalue weighted by Crippen LogP contribution is 2.29. The van der Waals surface area contributed by atoms with Gasteiger partial charge in [-0.25, -0.2) is 9.78 Å². The highest BCUT2D eigenvalue weighted by atomic mass is 32.1. The van der Waals surface area contributed by atoms with Crippen LogP contribution in [0.15, 0.2) is 58.7 Å². The fourth-order valence-corrected chi connectivity index (χ4v) is 3.91. The summed E-state index contributed by atoms with van der Waals surface area (Å²) in [5.41, 5.74) is 3.18. The van der Waals surface area contributed by atoms with Crippen molar-refractivity contribution in [2.24, 2.45) is 0 Å². The number of aromatic nitrogens is 3. The maximum absolute atomic E-state index is 11.5. The van der Waals surface area contributed by atoms with Crippen molar-refractivity contribution in [1.82, 2.24) is 20.5 Å². The first-order valence-corrected chi connectivity index (χ1v) is 9.48. The van der Waals surface area contributed by atoms with Crippen LogP contribution < -0.4 is 5.32 Å². The van der Waals surface area contributed by atoms with E-state index in [2.05, 4.69) is 33.4 Å². The van der Waals surface area contributed by atoms with E-state index in [1.807, 2.05) is 35.6 Å². The molecule has 8 nitrogen and oxygen atoms in total. The van der Waals surface area contributed by atoms with Gasteiger partial charge in [-0.15, -0.1) is 21.5 Å². The number of rotatable bonds is 4. The zero-order valence-electron chi connectivity index (χ0n) is 14.8. The van der Waals surface area contributed by atoms with Gasteiger partial charge >= 0.3 is 6.09 Å². The highest BCUT2D eigenvalue weighted by Gasteiger charge is 2.27. The zero-order chi connectivity index (χ0) is 19.8. The molecular weight excluding hydrogens is 392 g/mol. The van der Waals surface area contributed by atoms with Crippen LogP contribution in [0.1, 0.15) is 16.8 Å². The molecule has 5 rings (SSSR count). The van der Waals surface area contributed by atoms with Gasteiger partial charge in [0.2, 0.25) is 17.5 Å². The van der Waals surface area contributed by atoms with E-state index in [0.717, 1.165) is 26.4 Å². The van der Waals surface area contributed by atoms with Crippen LogP contribution in [0.5, 0.6) is 0 Å². The predicted octanol–water partition coefficient (Wildman–Crippen LogP) is 3.54. The van der Waals surface area contributed by atoms with Crippen molar-refractivity contribution < 1.29 is 18.7 Å². The number of thiazole rings is 1. The Hall–Kier alpha value is -3.85. The number of carbonyl (C=O) groups excluding carboxylic acids is 2. The van der Waals surface area contributed by atoms with Gasteiger partial charge < -0.3 is 9.15 Å². The van der Waals surface area contributed by atoms with Gasteiger partial charge in [0, 0.05) is 0 Å². The number of amides is 2. The van der Waals surface area contributed by atoms with Crippen LogP contribution in [0, 0.1) is 0 Å². The van der Waals surface area contributed by atoms with Gasteiger partial charge in [-0.2, -0.15) is 0 Å². The Balaban J connectivity index is 1.37. The minimum Gasteiger partial charge on any atom is -0.421 e. The third kappa shape index (κ3) is 3.50. The van der Waals surface area contributed by atoms with Gasteiger partial charge in [0.1, 0.15) is 5.01 Å². The van der Waals surface area contributed by atoms with Gasteiger partial charge in [0.25, 0.3) is 5.91 Å². The Bertz CT molecular complexity index is 1280. The molecule has 29 heavy (non-hydrogen) atoms. The van der Waals surface area contributed by atoms with Gasteiger partial charge in [-0.1, -0.05) is 36.4 Å². The number of carbonyl (C=O) groups is 2. The number of hydrogen-bond donors (Lipinski definition) is 1. The minimum atomic E-state index is -0.828. The Morgan fingerprint density at radius 2 is 1.90 bits per heavy atom. The second-order valence-corrected chi connectivity index (χ2v) is 7.33. The third-order valence-electron chi connectivity index (χ3n) is 4.22. The summed E-state index contributed by atoms with van der Waals surface area (Å²) in [6.45, 7) is 0. The molecule has 1 fully saturated rings. The summed E-state index contributed by atoms with van der Waals surface area (Å²) < 4.78 is 11.3. The largest absolute Gasteiger partial charge is 0.421 e. The van der Waals surface area contributed by atoms with Crippen molar-refractivity contribution in [2.75, 3.05) is 0 Å². The number of cyclic esters (lactones) is 1. The summed E-state index contributed by atoms with van der Waals surface area (Å²) in [5.74, 6) is -0.398. The van der Waals surface area contributed by atoms with E-state index in [0.29, 0.717) is 12.3 Å². The fourth-order valence-electron chi connectivity index (χ4n) is 2.92. The number of alkyl carbamates (subject to hydrolysis) is 1. The first-order chi connectivity index (χ1) is 14.1. The van der Waals surface area contributed by atoms with E-state index in [9.17, 15) is 9.59 Å². The molecule has 0 spiro atoms. The quantitative estimate of drug-likeness (QED) is 0.518. The van der Waals surface area contributed by atoms with E-state index in [-0.39, 0.29) is 11.6 Å². The molecular formula is C20H12N4O4S. The molecule has 0 unspecified atom stereocenters. The van der Waals surface area contributed by atoms with Crippen LogP contribution in [0.25, 0.3) is 27.4 Å². The molecule has 2 aromatic carbocycles. The molecule has 0 radical (unpaired) electrons. The number of ether oxygens (including phenoxy) is 1. The van der Waals surface area contributed by atoms with Crippen molar-refractivity contribution in [1.29, 1.82) is 0 Å². The molecule has 2 aromatic heterocycles. The molecule has 0 bridgehead atoms. The topological polar surface area (TPSA) is 107 Å². The summed E-state index contributed by atoms with van der Waals surface area (Å²) in [6, 6.07) is 16.3. The molecule has 1 aliphatic heterocycles. The van der Waals surface area contributed by atoms with Crippen LogP contribution in [-0.4, -0.2) is 27.2 Å². The molecule has 0 saturated carbocycles. The molecule has 1 aliphatic rings. The molecule has 142 valence electrons. The van der Waals surface area contributed by atoms with Crippen molar-refractivity contribution in [3.05, 3.63) is 71.1 Å². The molecule has 3 heterocycles. The summed E-state index contributed by atoms with van der Waals surface area (Å²) in [5, 5.41) is 10.7. The van der Waals surface area contributed by atoms with Crippen molar-refractivity contribution in [2.45, 2.75) is 6.42 Å². The number of fused-ring (bicyclic) bond motifs is 1. The lowest BCUT2D eigenvalue weighted by atomic mass is 10.1. The minimum absolute atomic E-state index is 0.0762. The molecule has 4 aromatic rings. The van der Waals surface area contributed by atoms with Crippen molar-refractivity contribution in [3.63, 3.8) is 0 Å². The first-order valence-electron chi connectivity index (χ1n) is 8.66. The van der Waals surface area contributed by atoms with Crippen molar-refractivity contribution >= 4 is 39.6 Å². The van der Waals surface area contributed by atoms with Crippen molar-refractivity contribution in [3.8, 4) is 11.1 Å². The van der Waals surface area contributed by atoms with E-state index in [4.69, 9.17) is 9.15 Å². The van der Waals surface area contributed by atoms with E-state index < -0.39 is 12.0 Å². The highest BCUT2D eigenvalue weighted by molar-refractivity contribution is 7.18. The standard InChI is InChI=1S/C20H12N4O4S/c25-19-14(27-20(26)22-19)9-16-23-24-17(28-16)10-18-21-13-7-6-12(8-15(13)29-18)11-4-2-1-3-5-11/h1-9H,10H2,(H,22,25,26)/b14-9+. The van der Waals surface area contributed by atoms with Gasteiger partial charge in [-0.3, -0.25) is 10.1 Å². The normalized spacial score (nSPS) is 15.1. The number of hydrogen-bond acceptors (Lipinski definition) is 8. The van der Waals surface area contributed by atoms with Crippen LogP contribution >= 0.6 is 11.3 Å². The lowest BCUT2D eigenvalue weighted by molar-refractivity contribution is -0.116. The Labute approximate surface area is 167 Å². The van der Waals surface area contributed by atoms with Crippen LogP contribution in [-0.2, 0) is 16.0 Å². The Kier molecular flexibility index (Phi) is 4.14. The van der Waals surface area contributed by atoms with Gasteiger partial charge in [0.15, 0.2) is 0 Å². The molecule has 1 saturated heterocycles. The summed E-state index contributed by atoms with van der Waals surface area (Å²) >= 11 is 1.56. The predicted molar refractivity (Wildman–Crippen MR) is 105 cm³/mol. The maximum Gasteiger partial charge on any atom is 0.419 e.